The van der Waals surface area contributed by atoms with Crippen molar-refractivity contribution in [2.75, 3.05) is 0 Å². The molecular formula is C9H11NO2. The van der Waals surface area contributed by atoms with Crippen molar-refractivity contribution in [2.45, 2.75) is 13.8 Å². The van der Waals surface area contributed by atoms with Crippen LogP contribution in [0.1, 0.15) is 16.7 Å². The molecule has 3 nitrogen and oxygen atoms in total. The van der Waals surface area contributed by atoms with E-state index in [9.17, 15) is 5.11 Å². The fraction of sp³-hybridized carbons (Fsp3) is 0.222. The summed E-state index contributed by atoms with van der Waals surface area (Å²) in [6.07, 6.45) is 1.35. The smallest absolute Gasteiger partial charge is 0.118 e. The molecular weight excluding hydrogens is 154 g/mol. The van der Waals surface area contributed by atoms with Gasteiger partial charge in [0.1, 0.15) is 5.75 Å². The largest absolute Gasteiger partial charge is 0.508 e. The Hall–Kier alpha value is -1.51. The summed E-state index contributed by atoms with van der Waals surface area (Å²) in [6, 6.07) is 3.29. The van der Waals surface area contributed by atoms with Crippen LogP contribution in [0.4, 0.5) is 0 Å². The molecule has 12 heavy (non-hydrogen) atoms. The highest BCUT2D eigenvalue weighted by Gasteiger charge is 2.02. The van der Waals surface area contributed by atoms with Gasteiger partial charge in [0.2, 0.25) is 0 Å². The summed E-state index contributed by atoms with van der Waals surface area (Å²) >= 11 is 0. The number of benzene rings is 1. The molecule has 0 aromatic heterocycles. The van der Waals surface area contributed by atoms with Crippen molar-refractivity contribution in [1.29, 1.82) is 0 Å². The third-order valence-electron chi connectivity index (χ3n) is 2.00. The normalized spacial score (nSPS) is 10.8. The molecule has 3 heteroatoms. The Morgan fingerprint density at radius 2 is 1.92 bits per heavy atom. The van der Waals surface area contributed by atoms with E-state index < -0.39 is 0 Å². The standard InChI is InChI=1S/C9H11NO2/c1-6-7(2)9(11)4-3-8(6)5-10-12/h3-5,11-12H,1-2H3/b10-5-. The molecule has 0 amide bonds. The van der Waals surface area contributed by atoms with Crippen LogP contribution in [0.2, 0.25) is 0 Å². The molecule has 0 heterocycles. The molecule has 1 aromatic rings. The van der Waals surface area contributed by atoms with Crippen molar-refractivity contribution >= 4 is 6.21 Å². The van der Waals surface area contributed by atoms with Gasteiger partial charge in [0.15, 0.2) is 0 Å². The fourth-order valence-electron chi connectivity index (χ4n) is 1.03. The molecule has 64 valence electrons. The lowest BCUT2D eigenvalue weighted by atomic mass is 10.0. The molecule has 0 bridgehead atoms. The van der Waals surface area contributed by atoms with Crippen molar-refractivity contribution in [3.63, 3.8) is 0 Å². The first-order valence-corrected chi connectivity index (χ1v) is 3.63. The molecule has 1 rings (SSSR count). The summed E-state index contributed by atoms with van der Waals surface area (Å²) in [7, 11) is 0. The van der Waals surface area contributed by atoms with Gasteiger partial charge in [-0.2, -0.15) is 0 Å². The highest BCUT2D eigenvalue weighted by molar-refractivity contribution is 5.82. The minimum Gasteiger partial charge on any atom is -0.508 e. The second kappa shape index (κ2) is 3.26. The Kier molecular flexibility index (Phi) is 2.33. The minimum atomic E-state index is 0.266. The number of aromatic hydroxyl groups is 1. The van der Waals surface area contributed by atoms with E-state index in [1.807, 2.05) is 13.8 Å². The van der Waals surface area contributed by atoms with Crippen LogP contribution in [0, 0.1) is 13.8 Å². The van der Waals surface area contributed by atoms with Crippen LogP contribution < -0.4 is 0 Å². The molecule has 2 N–H and O–H groups in total. The van der Waals surface area contributed by atoms with Gasteiger partial charge in [-0.25, -0.2) is 0 Å². The van der Waals surface area contributed by atoms with Crippen molar-refractivity contribution in [2.24, 2.45) is 5.16 Å². The first-order valence-electron chi connectivity index (χ1n) is 3.63. The number of hydrogen-bond acceptors (Lipinski definition) is 3. The second-order valence-electron chi connectivity index (χ2n) is 2.67. The number of hydrogen-bond donors (Lipinski definition) is 2. The summed E-state index contributed by atoms with van der Waals surface area (Å²) in [5.41, 5.74) is 2.55. The van der Waals surface area contributed by atoms with Gasteiger partial charge in [0, 0.05) is 0 Å². The molecule has 0 fully saturated rings. The SMILES string of the molecule is Cc1c(O)ccc(/C=N\O)c1C. The van der Waals surface area contributed by atoms with Crippen molar-refractivity contribution in [1.82, 2.24) is 0 Å². The van der Waals surface area contributed by atoms with E-state index in [2.05, 4.69) is 5.16 Å². The van der Waals surface area contributed by atoms with E-state index in [-0.39, 0.29) is 5.75 Å². The number of nitrogens with zero attached hydrogens (tertiary/aromatic N) is 1. The molecule has 1 aromatic carbocycles. The van der Waals surface area contributed by atoms with Gasteiger partial charge in [-0.05, 0) is 42.7 Å². The summed E-state index contributed by atoms with van der Waals surface area (Å²) in [5, 5.41) is 20.5. The predicted molar refractivity (Wildman–Crippen MR) is 47.0 cm³/mol. The third-order valence-corrected chi connectivity index (χ3v) is 2.00. The maximum atomic E-state index is 9.29. The summed E-state index contributed by atoms with van der Waals surface area (Å²) in [6.45, 7) is 3.69. The van der Waals surface area contributed by atoms with Gasteiger partial charge >= 0.3 is 0 Å². The van der Waals surface area contributed by atoms with Crippen LogP contribution in [0.15, 0.2) is 17.3 Å². The highest BCUT2D eigenvalue weighted by atomic mass is 16.4. The number of oxime groups is 1. The Labute approximate surface area is 71.0 Å². The molecule has 0 radical (unpaired) electrons. The summed E-state index contributed by atoms with van der Waals surface area (Å²) < 4.78 is 0. The second-order valence-corrected chi connectivity index (χ2v) is 2.67. The van der Waals surface area contributed by atoms with Gasteiger partial charge in [0.05, 0.1) is 6.21 Å². The lowest BCUT2D eigenvalue weighted by molar-refractivity contribution is 0.322. The average Bonchev–Trinajstić information content (AvgIpc) is 2.07. The van der Waals surface area contributed by atoms with Crippen LogP contribution in [-0.4, -0.2) is 16.5 Å². The van der Waals surface area contributed by atoms with Crippen LogP contribution >= 0.6 is 0 Å². The molecule has 0 aliphatic carbocycles. The van der Waals surface area contributed by atoms with Gasteiger partial charge in [-0.3, -0.25) is 0 Å². The molecule has 0 aliphatic rings. The number of rotatable bonds is 1. The Morgan fingerprint density at radius 3 is 2.50 bits per heavy atom. The van der Waals surface area contributed by atoms with Gasteiger partial charge in [-0.15, -0.1) is 0 Å². The molecule has 0 saturated carbocycles. The third kappa shape index (κ3) is 1.39. The van der Waals surface area contributed by atoms with Crippen molar-refractivity contribution in [3.8, 4) is 5.75 Å². The van der Waals surface area contributed by atoms with Gasteiger partial charge in [-0.1, -0.05) is 5.16 Å². The molecule has 0 atom stereocenters. The first kappa shape index (κ1) is 8.59. The zero-order chi connectivity index (χ0) is 9.14. The van der Waals surface area contributed by atoms with E-state index in [1.165, 1.54) is 6.21 Å². The van der Waals surface area contributed by atoms with E-state index in [1.54, 1.807) is 12.1 Å². The minimum absolute atomic E-state index is 0.266. The zero-order valence-corrected chi connectivity index (χ0v) is 7.07. The van der Waals surface area contributed by atoms with E-state index in [4.69, 9.17) is 5.21 Å². The van der Waals surface area contributed by atoms with Gasteiger partial charge < -0.3 is 10.3 Å². The fourth-order valence-corrected chi connectivity index (χ4v) is 1.03. The van der Waals surface area contributed by atoms with Crippen LogP contribution in [0.25, 0.3) is 0 Å². The van der Waals surface area contributed by atoms with E-state index in [0.29, 0.717) is 0 Å². The Morgan fingerprint density at radius 1 is 1.25 bits per heavy atom. The Bertz CT molecular complexity index is 319. The molecule has 0 spiro atoms. The van der Waals surface area contributed by atoms with Crippen LogP contribution in [0.5, 0.6) is 5.75 Å². The van der Waals surface area contributed by atoms with Crippen LogP contribution in [0.3, 0.4) is 0 Å². The quantitative estimate of drug-likeness (QED) is 0.379. The predicted octanol–water partition coefficient (Wildman–Crippen LogP) is 1.82. The lowest BCUT2D eigenvalue weighted by Crippen LogP contribution is -1.90. The molecule has 0 saturated heterocycles. The maximum Gasteiger partial charge on any atom is 0.118 e. The van der Waals surface area contributed by atoms with Gasteiger partial charge in [0.25, 0.3) is 0 Å². The number of phenolic OH excluding ortho intramolecular Hbond substituents is 1. The Balaban J connectivity index is 3.26. The summed E-state index contributed by atoms with van der Waals surface area (Å²) in [5.74, 6) is 0.266. The van der Waals surface area contributed by atoms with Crippen molar-refractivity contribution < 1.29 is 10.3 Å². The monoisotopic (exact) mass is 165 g/mol. The highest BCUT2D eigenvalue weighted by Crippen LogP contribution is 2.21. The zero-order valence-electron chi connectivity index (χ0n) is 7.07. The topological polar surface area (TPSA) is 52.8 Å². The van der Waals surface area contributed by atoms with E-state index >= 15 is 0 Å². The van der Waals surface area contributed by atoms with E-state index in [0.717, 1.165) is 16.7 Å². The maximum absolute atomic E-state index is 9.29. The average molecular weight is 165 g/mol. The molecule has 0 unspecified atom stereocenters. The van der Waals surface area contributed by atoms with Crippen molar-refractivity contribution in [3.05, 3.63) is 28.8 Å². The number of phenols is 1. The molecule has 0 aliphatic heterocycles. The lowest BCUT2D eigenvalue weighted by Gasteiger charge is -2.05. The van der Waals surface area contributed by atoms with Crippen LogP contribution in [-0.2, 0) is 0 Å². The first-order chi connectivity index (χ1) is 5.66. The summed E-state index contributed by atoms with van der Waals surface area (Å²) in [4.78, 5) is 0.